The first kappa shape index (κ1) is 16.8. The fraction of sp³-hybridized carbons (Fsp3) is 0.105. The molecule has 4 rings (SSSR count). The van der Waals surface area contributed by atoms with E-state index in [-0.39, 0.29) is 23.1 Å². The minimum atomic E-state index is -0.577. The first-order valence-corrected chi connectivity index (χ1v) is 8.16. The Bertz CT molecular complexity index is 1260. The lowest BCUT2D eigenvalue weighted by molar-refractivity contribution is 0.582. The number of halogens is 1. The molecule has 0 amide bonds. The van der Waals surface area contributed by atoms with Gasteiger partial charge < -0.3 is 0 Å². The molecule has 4 aromatic rings. The van der Waals surface area contributed by atoms with Crippen LogP contribution in [-0.2, 0) is 13.6 Å². The van der Waals surface area contributed by atoms with E-state index in [0.717, 1.165) is 4.57 Å². The molecule has 0 unspecified atom stereocenters. The Morgan fingerprint density at radius 3 is 2.63 bits per heavy atom. The highest BCUT2D eigenvalue weighted by atomic mass is 19.1. The fourth-order valence-electron chi connectivity index (χ4n) is 2.85. The van der Waals surface area contributed by atoms with Crippen LogP contribution in [0.1, 0.15) is 5.56 Å². The number of hydrogen-bond acceptors (Lipinski definition) is 5. The summed E-state index contributed by atoms with van der Waals surface area (Å²) in [4.78, 5) is 38.1. The van der Waals surface area contributed by atoms with Crippen molar-refractivity contribution in [3.05, 3.63) is 87.2 Å². The molecule has 0 aliphatic heterocycles. The lowest BCUT2D eigenvalue weighted by Crippen LogP contribution is -2.40. The number of aromatic nitrogens is 5. The second-order valence-electron chi connectivity index (χ2n) is 6.00. The number of hydrogen-bond donors (Lipinski definition) is 0. The highest BCUT2D eigenvalue weighted by molar-refractivity contribution is 5.75. The predicted octanol–water partition coefficient (Wildman–Crippen LogP) is 1.74. The zero-order valence-corrected chi connectivity index (χ0v) is 14.3. The maximum Gasteiger partial charge on any atom is 0.332 e. The summed E-state index contributed by atoms with van der Waals surface area (Å²) in [6.07, 6.45) is 4.60. The van der Waals surface area contributed by atoms with Gasteiger partial charge in [-0.3, -0.25) is 18.9 Å². The van der Waals surface area contributed by atoms with Gasteiger partial charge in [-0.25, -0.2) is 19.2 Å². The summed E-state index contributed by atoms with van der Waals surface area (Å²) in [6.45, 7) is -0.168. The minimum absolute atomic E-state index is 0.168. The molecule has 3 aromatic heterocycles. The van der Waals surface area contributed by atoms with Gasteiger partial charge in [0.2, 0.25) is 0 Å². The number of pyridine rings is 1. The Labute approximate surface area is 152 Å². The van der Waals surface area contributed by atoms with Crippen LogP contribution in [0.15, 0.2) is 64.6 Å². The molecule has 3 heterocycles. The van der Waals surface area contributed by atoms with Gasteiger partial charge in [0.05, 0.1) is 6.54 Å². The summed E-state index contributed by atoms with van der Waals surface area (Å²) in [5.41, 5.74) is -0.00403. The third-order valence-electron chi connectivity index (χ3n) is 4.29. The standard InChI is InChI=1S/C19H14FN5O2/c1-24-17-14(10-22-16(23-17)12-6-4-8-21-9-12)18(26)25(19(24)27)11-13-5-2-3-7-15(13)20/h2-10H,11H2,1H3. The molecule has 0 radical (unpaired) electrons. The van der Waals surface area contributed by atoms with Crippen LogP contribution < -0.4 is 11.2 Å². The van der Waals surface area contributed by atoms with Crippen LogP contribution in [0.3, 0.4) is 0 Å². The van der Waals surface area contributed by atoms with Gasteiger partial charge in [-0.2, -0.15) is 0 Å². The van der Waals surface area contributed by atoms with Crippen molar-refractivity contribution in [2.75, 3.05) is 0 Å². The van der Waals surface area contributed by atoms with E-state index in [1.807, 2.05) is 0 Å². The highest BCUT2D eigenvalue weighted by Gasteiger charge is 2.15. The Balaban J connectivity index is 1.90. The van der Waals surface area contributed by atoms with Gasteiger partial charge in [0, 0.05) is 36.8 Å². The van der Waals surface area contributed by atoms with Crippen LogP contribution in [0.2, 0.25) is 0 Å². The topological polar surface area (TPSA) is 82.7 Å². The zero-order chi connectivity index (χ0) is 19.0. The molecule has 0 fully saturated rings. The van der Waals surface area contributed by atoms with Gasteiger partial charge in [-0.05, 0) is 18.2 Å². The quantitative estimate of drug-likeness (QED) is 0.554. The van der Waals surface area contributed by atoms with E-state index < -0.39 is 17.1 Å². The lowest BCUT2D eigenvalue weighted by Gasteiger charge is -2.11. The number of aryl methyl sites for hydroxylation is 1. The average molecular weight is 363 g/mol. The number of fused-ring (bicyclic) bond motifs is 1. The van der Waals surface area contributed by atoms with Crippen molar-refractivity contribution in [1.29, 1.82) is 0 Å². The van der Waals surface area contributed by atoms with Gasteiger partial charge in [0.15, 0.2) is 11.5 Å². The summed E-state index contributed by atoms with van der Waals surface area (Å²) in [6, 6.07) is 9.55. The number of rotatable bonds is 3. The molecule has 8 heteroatoms. The molecule has 0 spiro atoms. The second kappa shape index (κ2) is 6.56. The molecule has 134 valence electrons. The molecule has 0 saturated heterocycles. The Kier molecular flexibility index (Phi) is 4.08. The van der Waals surface area contributed by atoms with Crippen LogP contribution in [0, 0.1) is 5.82 Å². The molecular formula is C19H14FN5O2. The molecule has 0 bridgehead atoms. The summed E-state index contributed by atoms with van der Waals surface area (Å²) < 4.78 is 16.2. The molecule has 1 aromatic carbocycles. The molecule has 0 aliphatic rings. The molecular weight excluding hydrogens is 349 g/mol. The number of benzene rings is 1. The van der Waals surface area contributed by atoms with Gasteiger partial charge in [-0.1, -0.05) is 18.2 Å². The molecule has 0 atom stereocenters. The first-order chi connectivity index (χ1) is 13.1. The van der Waals surface area contributed by atoms with Gasteiger partial charge in [-0.15, -0.1) is 0 Å². The monoisotopic (exact) mass is 363 g/mol. The minimum Gasteiger partial charge on any atom is -0.280 e. The summed E-state index contributed by atoms with van der Waals surface area (Å²) >= 11 is 0. The summed E-state index contributed by atoms with van der Waals surface area (Å²) in [7, 11) is 1.52. The molecule has 7 nitrogen and oxygen atoms in total. The van der Waals surface area contributed by atoms with Crippen LogP contribution in [-0.4, -0.2) is 24.1 Å². The smallest absolute Gasteiger partial charge is 0.280 e. The van der Waals surface area contributed by atoms with Crippen molar-refractivity contribution in [3.8, 4) is 11.4 Å². The molecule has 0 N–H and O–H groups in total. The largest absolute Gasteiger partial charge is 0.332 e. The van der Waals surface area contributed by atoms with E-state index in [4.69, 9.17) is 0 Å². The van der Waals surface area contributed by atoms with Crippen LogP contribution in [0.25, 0.3) is 22.4 Å². The van der Waals surface area contributed by atoms with Crippen LogP contribution >= 0.6 is 0 Å². The van der Waals surface area contributed by atoms with Crippen LogP contribution in [0.5, 0.6) is 0 Å². The van der Waals surface area contributed by atoms with Gasteiger partial charge >= 0.3 is 5.69 Å². The summed E-state index contributed by atoms with van der Waals surface area (Å²) in [5.74, 6) is -0.119. The van der Waals surface area contributed by atoms with Crippen molar-refractivity contribution in [2.45, 2.75) is 6.54 Å². The van der Waals surface area contributed by atoms with E-state index in [1.54, 1.807) is 36.7 Å². The molecule has 0 aliphatic carbocycles. The zero-order valence-electron chi connectivity index (χ0n) is 14.3. The highest BCUT2D eigenvalue weighted by Crippen LogP contribution is 2.15. The average Bonchev–Trinajstić information content (AvgIpc) is 2.71. The van der Waals surface area contributed by atoms with E-state index in [0.29, 0.717) is 11.4 Å². The maximum absolute atomic E-state index is 13.9. The maximum atomic E-state index is 13.9. The van der Waals surface area contributed by atoms with Crippen molar-refractivity contribution >= 4 is 11.0 Å². The van der Waals surface area contributed by atoms with E-state index in [9.17, 15) is 14.0 Å². The lowest BCUT2D eigenvalue weighted by atomic mass is 10.2. The first-order valence-electron chi connectivity index (χ1n) is 8.16. The third-order valence-corrected chi connectivity index (χ3v) is 4.29. The Hall–Kier alpha value is -3.68. The van der Waals surface area contributed by atoms with Gasteiger partial charge in [0.25, 0.3) is 5.56 Å². The fourth-order valence-corrected chi connectivity index (χ4v) is 2.85. The van der Waals surface area contributed by atoms with Crippen molar-refractivity contribution in [1.82, 2.24) is 24.1 Å². The van der Waals surface area contributed by atoms with E-state index in [2.05, 4.69) is 15.0 Å². The SMILES string of the molecule is Cn1c(=O)n(Cc2ccccc2F)c(=O)c2cnc(-c3cccnc3)nc21. The van der Waals surface area contributed by atoms with Crippen molar-refractivity contribution < 1.29 is 4.39 Å². The van der Waals surface area contributed by atoms with Crippen molar-refractivity contribution in [3.63, 3.8) is 0 Å². The second-order valence-corrected chi connectivity index (χ2v) is 6.00. The van der Waals surface area contributed by atoms with E-state index in [1.165, 1.54) is 29.9 Å². The Morgan fingerprint density at radius 1 is 1.07 bits per heavy atom. The van der Waals surface area contributed by atoms with Gasteiger partial charge in [0.1, 0.15) is 11.2 Å². The summed E-state index contributed by atoms with van der Waals surface area (Å²) in [5, 5.41) is 0.182. The molecule has 0 saturated carbocycles. The van der Waals surface area contributed by atoms with Crippen molar-refractivity contribution in [2.24, 2.45) is 7.05 Å². The normalized spacial score (nSPS) is 11.0. The molecule has 27 heavy (non-hydrogen) atoms. The predicted molar refractivity (Wildman–Crippen MR) is 97.8 cm³/mol. The van der Waals surface area contributed by atoms with E-state index >= 15 is 0 Å². The number of nitrogens with zero attached hydrogens (tertiary/aromatic N) is 5. The van der Waals surface area contributed by atoms with Crippen LogP contribution in [0.4, 0.5) is 4.39 Å². The third kappa shape index (κ3) is 2.91. The Morgan fingerprint density at radius 2 is 1.89 bits per heavy atom.